The molecule has 3 heterocycles. The zero-order valence-electron chi connectivity index (χ0n) is 15.3. The molecule has 0 bridgehead atoms. The standard InChI is InChI=1S/C20H26O7/c1-11-6-15-20(9-21)16(13(22)2-4-18(20,24)10-26-15)19(11)7-14(27-17(19)23)12-3-5-25-8-12/h3,5,8,11,13-16,21-22,24H,2,4,6-7,9-10H2,1H3/t11-,13+,14+,15+,16-,18-,19+,20-/m1/s1. The molecular formula is C20H26O7. The third-order valence-corrected chi connectivity index (χ3v) is 8.09. The van der Waals surface area contributed by atoms with Gasteiger partial charge in [0.25, 0.3) is 0 Å². The molecule has 1 aromatic heterocycles. The Kier molecular flexibility index (Phi) is 3.64. The van der Waals surface area contributed by atoms with Gasteiger partial charge in [-0.25, -0.2) is 0 Å². The lowest BCUT2D eigenvalue weighted by atomic mass is 9.42. The molecule has 0 unspecified atom stereocenters. The number of aliphatic hydroxyl groups is 3. The van der Waals surface area contributed by atoms with E-state index in [-0.39, 0.29) is 31.2 Å². The van der Waals surface area contributed by atoms with Crippen LogP contribution in [0, 0.1) is 22.7 Å². The molecule has 4 fully saturated rings. The highest BCUT2D eigenvalue weighted by molar-refractivity contribution is 5.81. The molecule has 0 radical (unpaired) electrons. The van der Waals surface area contributed by atoms with Gasteiger partial charge in [0.05, 0.1) is 54.4 Å². The molecule has 4 aliphatic rings. The van der Waals surface area contributed by atoms with E-state index in [0.717, 1.165) is 5.56 Å². The van der Waals surface area contributed by atoms with Crippen molar-refractivity contribution in [1.82, 2.24) is 0 Å². The molecule has 2 aliphatic carbocycles. The monoisotopic (exact) mass is 378 g/mol. The van der Waals surface area contributed by atoms with Crippen LogP contribution in [0.25, 0.3) is 0 Å². The van der Waals surface area contributed by atoms with Crippen molar-refractivity contribution in [3.8, 4) is 0 Å². The summed E-state index contributed by atoms with van der Waals surface area (Å²) in [6.45, 7) is 1.79. The molecule has 2 saturated carbocycles. The summed E-state index contributed by atoms with van der Waals surface area (Å²) in [7, 11) is 0. The van der Waals surface area contributed by atoms with Crippen molar-refractivity contribution in [3.63, 3.8) is 0 Å². The van der Waals surface area contributed by atoms with Crippen LogP contribution in [0.15, 0.2) is 23.0 Å². The van der Waals surface area contributed by atoms with E-state index < -0.39 is 34.6 Å². The van der Waals surface area contributed by atoms with E-state index >= 15 is 0 Å². The number of furan rings is 1. The molecule has 148 valence electrons. The van der Waals surface area contributed by atoms with Crippen LogP contribution in [-0.4, -0.2) is 52.3 Å². The van der Waals surface area contributed by atoms with Gasteiger partial charge in [0.15, 0.2) is 0 Å². The predicted octanol–water partition coefficient (Wildman–Crippen LogP) is 1.17. The number of aliphatic hydroxyl groups excluding tert-OH is 2. The molecule has 27 heavy (non-hydrogen) atoms. The van der Waals surface area contributed by atoms with E-state index in [1.165, 1.54) is 0 Å². The first kappa shape index (κ1) is 17.7. The van der Waals surface area contributed by atoms with Crippen LogP contribution in [0.3, 0.4) is 0 Å². The molecule has 0 amide bonds. The van der Waals surface area contributed by atoms with Crippen LogP contribution in [0.2, 0.25) is 0 Å². The summed E-state index contributed by atoms with van der Waals surface area (Å²) in [6.07, 6.45) is 3.15. The maximum atomic E-state index is 13.3. The fourth-order valence-electron chi connectivity index (χ4n) is 6.75. The number of hydrogen-bond acceptors (Lipinski definition) is 7. The number of carbonyl (C=O) groups is 1. The Labute approximate surface area is 157 Å². The second kappa shape index (κ2) is 5.56. The Balaban J connectivity index is 1.65. The molecule has 2 aliphatic heterocycles. The Morgan fingerprint density at radius 1 is 1.37 bits per heavy atom. The Bertz CT molecular complexity index is 748. The molecule has 0 aromatic carbocycles. The fourth-order valence-corrected chi connectivity index (χ4v) is 6.75. The number of cyclic esters (lactones) is 1. The van der Waals surface area contributed by atoms with Crippen molar-refractivity contribution in [2.75, 3.05) is 13.2 Å². The van der Waals surface area contributed by atoms with E-state index in [1.807, 2.05) is 6.92 Å². The minimum Gasteiger partial charge on any atom is -0.472 e. The largest absolute Gasteiger partial charge is 0.472 e. The van der Waals surface area contributed by atoms with Crippen LogP contribution in [0.4, 0.5) is 0 Å². The second-order valence-electron chi connectivity index (χ2n) is 8.95. The minimum atomic E-state index is -1.24. The summed E-state index contributed by atoms with van der Waals surface area (Å²) in [5, 5.41) is 32.9. The highest BCUT2D eigenvalue weighted by Gasteiger charge is 2.77. The lowest BCUT2D eigenvalue weighted by Gasteiger charge is -2.62. The zero-order valence-corrected chi connectivity index (χ0v) is 15.3. The lowest BCUT2D eigenvalue weighted by Crippen LogP contribution is -2.71. The van der Waals surface area contributed by atoms with E-state index in [2.05, 4.69) is 0 Å². The van der Waals surface area contributed by atoms with Crippen LogP contribution in [0.5, 0.6) is 0 Å². The number of hydrogen-bond donors (Lipinski definition) is 3. The average Bonchev–Trinajstić information content (AvgIpc) is 3.34. The van der Waals surface area contributed by atoms with Gasteiger partial charge in [0, 0.05) is 17.9 Å². The minimum absolute atomic E-state index is 0.105. The highest BCUT2D eigenvalue weighted by atomic mass is 16.6. The molecule has 7 nitrogen and oxygen atoms in total. The molecule has 1 aromatic rings. The summed E-state index contributed by atoms with van der Waals surface area (Å²) in [6, 6.07) is 1.78. The van der Waals surface area contributed by atoms with Crippen LogP contribution < -0.4 is 0 Å². The van der Waals surface area contributed by atoms with E-state index in [1.54, 1.807) is 18.6 Å². The van der Waals surface area contributed by atoms with Gasteiger partial charge in [0.1, 0.15) is 6.10 Å². The number of ether oxygens (including phenoxy) is 2. The SMILES string of the molecule is C[C@@H]1C[C@@H]2OC[C@]3(O)CC[C@H](O)[C@H]([C@]14C[C@@H](c1ccoc1)OC4=O)[C@@]23CO. The third-order valence-electron chi connectivity index (χ3n) is 8.09. The number of fused-ring (bicyclic) bond motifs is 1. The summed E-state index contributed by atoms with van der Waals surface area (Å²) >= 11 is 0. The van der Waals surface area contributed by atoms with E-state index in [4.69, 9.17) is 13.9 Å². The van der Waals surface area contributed by atoms with Crippen molar-refractivity contribution in [2.45, 2.75) is 56.5 Å². The maximum absolute atomic E-state index is 13.3. The van der Waals surface area contributed by atoms with Crippen molar-refractivity contribution in [2.24, 2.45) is 22.7 Å². The summed E-state index contributed by atoms with van der Waals surface area (Å²) in [5.41, 5.74) is -2.47. The first-order chi connectivity index (χ1) is 12.9. The summed E-state index contributed by atoms with van der Waals surface area (Å²) in [5.74, 6) is -1.08. The van der Waals surface area contributed by atoms with E-state index in [0.29, 0.717) is 25.7 Å². The van der Waals surface area contributed by atoms with Crippen LogP contribution >= 0.6 is 0 Å². The third kappa shape index (κ3) is 1.93. The molecule has 7 heteroatoms. The summed E-state index contributed by atoms with van der Waals surface area (Å²) in [4.78, 5) is 13.3. The van der Waals surface area contributed by atoms with Crippen molar-refractivity contribution >= 4 is 5.97 Å². The molecule has 2 saturated heterocycles. The van der Waals surface area contributed by atoms with Gasteiger partial charge in [-0.15, -0.1) is 0 Å². The van der Waals surface area contributed by atoms with Crippen molar-refractivity contribution in [3.05, 3.63) is 24.2 Å². The number of esters is 1. The second-order valence-corrected chi connectivity index (χ2v) is 8.95. The maximum Gasteiger partial charge on any atom is 0.313 e. The topological polar surface area (TPSA) is 109 Å². The highest BCUT2D eigenvalue weighted by Crippen LogP contribution is 2.69. The Morgan fingerprint density at radius 2 is 2.19 bits per heavy atom. The summed E-state index contributed by atoms with van der Waals surface area (Å²) < 4.78 is 16.9. The quantitative estimate of drug-likeness (QED) is 0.663. The zero-order chi connectivity index (χ0) is 19.0. The predicted molar refractivity (Wildman–Crippen MR) is 91.3 cm³/mol. The van der Waals surface area contributed by atoms with Crippen LogP contribution in [-0.2, 0) is 14.3 Å². The van der Waals surface area contributed by atoms with Gasteiger partial charge in [-0.3, -0.25) is 4.79 Å². The van der Waals surface area contributed by atoms with E-state index in [9.17, 15) is 20.1 Å². The molecule has 8 atom stereocenters. The fraction of sp³-hybridized carbons (Fsp3) is 0.750. The van der Waals surface area contributed by atoms with Crippen LogP contribution in [0.1, 0.15) is 44.3 Å². The van der Waals surface area contributed by atoms with Gasteiger partial charge >= 0.3 is 5.97 Å². The van der Waals surface area contributed by atoms with Crippen molar-refractivity contribution in [1.29, 1.82) is 0 Å². The van der Waals surface area contributed by atoms with Gasteiger partial charge in [0.2, 0.25) is 0 Å². The molecule has 1 spiro atoms. The lowest BCUT2D eigenvalue weighted by molar-refractivity contribution is -0.243. The van der Waals surface area contributed by atoms with Gasteiger partial charge in [-0.1, -0.05) is 6.92 Å². The Hall–Kier alpha value is -1.41. The molecule has 5 rings (SSSR count). The average molecular weight is 378 g/mol. The number of carbonyl (C=O) groups excluding carboxylic acids is 1. The first-order valence-electron chi connectivity index (χ1n) is 9.75. The van der Waals surface area contributed by atoms with Gasteiger partial charge in [-0.05, 0) is 31.2 Å². The molecule has 3 N–H and O–H groups in total. The Morgan fingerprint density at radius 3 is 2.89 bits per heavy atom. The number of rotatable bonds is 2. The molecular weight excluding hydrogens is 352 g/mol. The normalized spacial score (nSPS) is 51.4. The van der Waals surface area contributed by atoms with Gasteiger partial charge in [-0.2, -0.15) is 0 Å². The van der Waals surface area contributed by atoms with Gasteiger partial charge < -0.3 is 29.2 Å². The smallest absolute Gasteiger partial charge is 0.313 e. The first-order valence-corrected chi connectivity index (χ1v) is 9.75. The van der Waals surface area contributed by atoms with Crippen molar-refractivity contribution < 1.29 is 34.0 Å².